The monoisotopic (exact) mass is 1050 g/mol. The van der Waals surface area contributed by atoms with Gasteiger partial charge in [0.05, 0.1) is 85.3 Å². The van der Waals surface area contributed by atoms with E-state index in [2.05, 4.69) is 10.6 Å². The molecule has 4 aliphatic rings. The number of benzene rings is 4. The molecule has 0 radical (unpaired) electrons. The Morgan fingerprint density at radius 2 is 0.805 bits per heavy atom. The highest BCUT2D eigenvalue weighted by molar-refractivity contribution is 6.01. The number of aliphatic hydroxyl groups excluding tert-OH is 1. The van der Waals surface area contributed by atoms with Crippen LogP contribution in [0.15, 0.2) is 155 Å². The van der Waals surface area contributed by atoms with Gasteiger partial charge in [-0.15, -0.1) is 0 Å². The van der Waals surface area contributed by atoms with Crippen LogP contribution in [0.4, 0.5) is 0 Å². The number of carbonyl (C=O) groups excluding carboxylic acids is 4. The van der Waals surface area contributed by atoms with Gasteiger partial charge in [0.25, 0.3) is 0 Å². The molecule has 400 valence electrons. The van der Waals surface area contributed by atoms with E-state index in [9.17, 15) is 19.2 Å². The zero-order valence-electron chi connectivity index (χ0n) is 44.2. The van der Waals surface area contributed by atoms with Crippen molar-refractivity contribution in [1.82, 2.24) is 30.2 Å². The summed E-state index contributed by atoms with van der Waals surface area (Å²) < 4.78 is 47.1. The van der Waals surface area contributed by atoms with Crippen LogP contribution < -0.4 is 29.6 Å². The Morgan fingerprint density at radius 3 is 1.10 bits per heavy atom. The van der Waals surface area contributed by atoms with Crippen molar-refractivity contribution >= 4 is 23.9 Å². The molecule has 0 aliphatic carbocycles. The van der Waals surface area contributed by atoms with E-state index in [1.807, 2.05) is 109 Å². The van der Waals surface area contributed by atoms with Gasteiger partial charge in [0.1, 0.15) is 26.4 Å². The van der Waals surface area contributed by atoms with Crippen molar-refractivity contribution in [2.45, 2.75) is 46.5 Å². The van der Waals surface area contributed by atoms with Gasteiger partial charge in [-0.3, -0.25) is 0 Å². The second kappa shape index (κ2) is 24.1. The number of nitrogens with zero attached hydrogens (tertiary/aromatic N) is 4. The Morgan fingerprint density at radius 1 is 0.506 bits per heavy atom. The number of dihydropyridines is 2. The Kier molecular flexibility index (Phi) is 16.9. The van der Waals surface area contributed by atoms with Crippen LogP contribution >= 0.6 is 0 Å². The molecule has 0 bridgehead atoms. The van der Waals surface area contributed by atoms with E-state index in [0.717, 1.165) is 22.5 Å². The molecule has 6 heterocycles. The van der Waals surface area contributed by atoms with E-state index in [0.29, 0.717) is 117 Å². The van der Waals surface area contributed by atoms with Crippen LogP contribution in [0.2, 0.25) is 0 Å². The van der Waals surface area contributed by atoms with E-state index < -0.39 is 35.7 Å². The van der Waals surface area contributed by atoms with Gasteiger partial charge in [0, 0.05) is 64.0 Å². The van der Waals surface area contributed by atoms with Gasteiger partial charge >= 0.3 is 23.9 Å². The van der Waals surface area contributed by atoms with Crippen molar-refractivity contribution in [3.8, 4) is 56.9 Å². The average Bonchev–Trinajstić information content (AvgIpc) is 4.14. The molecular formula is C58H60N6O13. The van der Waals surface area contributed by atoms with Crippen molar-refractivity contribution in [3.63, 3.8) is 0 Å². The van der Waals surface area contributed by atoms with Gasteiger partial charge in [-0.05, 0) is 95.3 Å². The molecule has 6 aromatic rings. The first-order valence-electron chi connectivity index (χ1n) is 24.7. The predicted octanol–water partition coefficient (Wildman–Crippen LogP) is 7.78. The van der Waals surface area contributed by atoms with E-state index in [1.54, 1.807) is 44.0 Å². The molecule has 0 spiro atoms. The summed E-state index contributed by atoms with van der Waals surface area (Å²) >= 11 is 0. The molecule has 0 saturated carbocycles. The molecule has 0 unspecified atom stereocenters. The summed E-state index contributed by atoms with van der Waals surface area (Å²) in [5, 5.41) is 23.7. The Labute approximate surface area is 445 Å². The fraction of sp³-hybridized carbons (Fsp3) is 0.276. The normalized spacial score (nSPS) is 15.0. The molecule has 0 amide bonds. The summed E-state index contributed by atoms with van der Waals surface area (Å²) in [6, 6.07) is 30.4. The van der Waals surface area contributed by atoms with Crippen molar-refractivity contribution < 1.29 is 62.2 Å². The maximum atomic E-state index is 13.1. The maximum absolute atomic E-state index is 13.1. The lowest BCUT2D eigenvalue weighted by molar-refractivity contribution is -0.139. The Hall–Kier alpha value is -9.10. The first-order valence-corrected chi connectivity index (χ1v) is 24.7. The van der Waals surface area contributed by atoms with Crippen LogP contribution in [0.1, 0.15) is 57.6 Å². The Bertz CT molecular complexity index is 3040. The number of aliphatic hydroxyl groups is 1. The maximum Gasteiger partial charge on any atom is 0.336 e. The highest BCUT2D eigenvalue weighted by Gasteiger charge is 2.42. The number of nitrogens with one attached hydrogen (secondary N) is 2. The molecule has 3 N–H and O–H groups in total. The highest BCUT2D eigenvalue weighted by Crippen LogP contribution is 2.46. The molecule has 4 aromatic carbocycles. The number of ether oxygens (including phenoxy) is 8. The Balaban J connectivity index is 0.000000194. The molecule has 0 atom stereocenters. The lowest BCUT2D eigenvalue weighted by Gasteiger charge is -2.29. The van der Waals surface area contributed by atoms with Crippen molar-refractivity contribution in [3.05, 3.63) is 166 Å². The van der Waals surface area contributed by atoms with Gasteiger partial charge in [-0.1, -0.05) is 36.4 Å². The average molecular weight is 1050 g/mol. The van der Waals surface area contributed by atoms with E-state index in [1.165, 1.54) is 28.4 Å². The summed E-state index contributed by atoms with van der Waals surface area (Å²) in [6.45, 7) is 10.9. The second-order valence-electron chi connectivity index (χ2n) is 17.7. The van der Waals surface area contributed by atoms with Gasteiger partial charge < -0.3 is 53.6 Å². The zero-order chi connectivity index (χ0) is 54.9. The molecule has 0 fully saturated rings. The number of allylic oxidation sites excluding steroid dienone is 4. The van der Waals surface area contributed by atoms with Gasteiger partial charge in [-0.25, -0.2) is 28.5 Å². The topological polar surface area (TPSA) is 222 Å². The number of hydrogen-bond acceptors (Lipinski definition) is 17. The third kappa shape index (κ3) is 11.2. The van der Waals surface area contributed by atoms with Crippen LogP contribution in [0.5, 0.6) is 23.0 Å². The number of hydrogen-bond donors (Lipinski definition) is 3. The minimum Gasteiger partial charge on any atom is -0.486 e. The molecule has 4 aliphatic heterocycles. The molecule has 10 rings (SSSR count). The van der Waals surface area contributed by atoms with Gasteiger partial charge in [0.15, 0.2) is 23.0 Å². The third-order valence-corrected chi connectivity index (χ3v) is 12.9. The summed E-state index contributed by atoms with van der Waals surface area (Å²) in [4.78, 5) is 52.3. The van der Waals surface area contributed by atoms with Crippen LogP contribution in [-0.4, -0.2) is 110 Å². The standard InChI is InChI=1S/2C28H27N3O6.C2H6O/c2*1-16-23(27(32)34-3)25(24(17(2)29-16)28(33)35-4)20-15-31(19-8-6-5-7-9-19)30-26(20)18-10-11-21-22(14-18)37-13-12-36-21;1-2-3/h2*5-11,14-15,25,29H,12-13H2,1-4H3;3H,2H2,1H3. The number of aromatic nitrogens is 4. The SMILES string of the molecule is CCO.COC(=O)C1=C(C)NC(C)=C(C(=O)OC)C1c1cn(-c2ccccc2)nc1-c1ccc2c(c1)OCCO2.COC(=O)C1=C(C)NC(C)=C(C(=O)OC)C1c1cn(-c2ccccc2)nc1-c1ccc2c(c1)OCCO2. The number of rotatable bonds is 10. The molecule has 77 heavy (non-hydrogen) atoms. The van der Waals surface area contributed by atoms with Crippen LogP contribution in [0, 0.1) is 0 Å². The lowest BCUT2D eigenvalue weighted by Crippen LogP contribution is -2.32. The van der Waals surface area contributed by atoms with Gasteiger partial charge in [0.2, 0.25) is 0 Å². The van der Waals surface area contributed by atoms with Crippen molar-refractivity contribution in [2.24, 2.45) is 0 Å². The summed E-state index contributed by atoms with van der Waals surface area (Å²) in [7, 11) is 5.27. The first-order chi connectivity index (χ1) is 37.3. The summed E-state index contributed by atoms with van der Waals surface area (Å²) in [5.74, 6) is -1.27. The van der Waals surface area contributed by atoms with E-state index >= 15 is 0 Å². The summed E-state index contributed by atoms with van der Waals surface area (Å²) in [6.07, 6.45) is 3.67. The van der Waals surface area contributed by atoms with E-state index in [4.69, 9.17) is 53.2 Å². The van der Waals surface area contributed by atoms with Crippen molar-refractivity contribution in [1.29, 1.82) is 0 Å². The molecule has 19 heteroatoms. The fourth-order valence-electron chi connectivity index (χ4n) is 9.59. The third-order valence-electron chi connectivity index (χ3n) is 12.9. The van der Waals surface area contributed by atoms with Crippen LogP contribution in [0.3, 0.4) is 0 Å². The van der Waals surface area contributed by atoms with E-state index in [-0.39, 0.29) is 6.61 Å². The molecule has 0 saturated heterocycles. The molecule has 2 aromatic heterocycles. The number of carbonyl (C=O) groups is 4. The van der Waals surface area contributed by atoms with Gasteiger partial charge in [-0.2, -0.15) is 10.2 Å². The van der Waals surface area contributed by atoms with Crippen LogP contribution in [0.25, 0.3) is 33.9 Å². The number of para-hydroxylation sites is 2. The second-order valence-corrected chi connectivity index (χ2v) is 17.7. The number of esters is 4. The highest BCUT2D eigenvalue weighted by atomic mass is 16.6. The minimum absolute atomic E-state index is 0.250. The number of fused-ring (bicyclic) bond motifs is 2. The quantitative estimate of drug-likeness (QED) is 0.0880. The zero-order valence-corrected chi connectivity index (χ0v) is 44.2. The number of methoxy groups -OCH3 is 4. The van der Waals surface area contributed by atoms with Crippen molar-refractivity contribution in [2.75, 3.05) is 61.5 Å². The van der Waals surface area contributed by atoms with Crippen LogP contribution in [-0.2, 0) is 38.1 Å². The molecule has 19 nitrogen and oxygen atoms in total. The first kappa shape index (κ1) is 54.2. The fourth-order valence-corrected chi connectivity index (χ4v) is 9.59. The predicted molar refractivity (Wildman–Crippen MR) is 283 cm³/mol. The molecular weight excluding hydrogens is 989 g/mol. The lowest BCUT2D eigenvalue weighted by atomic mass is 9.79. The largest absolute Gasteiger partial charge is 0.486 e. The smallest absolute Gasteiger partial charge is 0.336 e. The minimum atomic E-state index is -0.790. The summed E-state index contributed by atoms with van der Waals surface area (Å²) in [5.41, 5.74) is 9.14.